The Morgan fingerprint density at radius 3 is 2.81 bits per heavy atom. The third kappa shape index (κ3) is 3.86. The summed E-state index contributed by atoms with van der Waals surface area (Å²) < 4.78 is 5.25. The summed E-state index contributed by atoms with van der Waals surface area (Å²) in [4.78, 5) is 0. The van der Waals surface area contributed by atoms with E-state index in [4.69, 9.17) is 10.5 Å². The average Bonchev–Trinajstić information content (AvgIpc) is 2.27. The van der Waals surface area contributed by atoms with Gasteiger partial charge in [-0.3, -0.25) is 5.43 Å². The SMILES string of the molecule is COc1ccccc1C/C(C)=N/NC(N)=S. The van der Waals surface area contributed by atoms with Crippen molar-refractivity contribution in [3.05, 3.63) is 29.8 Å². The van der Waals surface area contributed by atoms with Crippen molar-refractivity contribution in [1.29, 1.82) is 0 Å². The van der Waals surface area contributed by atoms with Gasteiger partial charge in [-0.05, 0) is 30.8 Å². The monoisotopic (exact) mass is 237 g/mol. The van der Waals surface area contributed by atoms with Crippen molar-refractivity contribution in [1.82, 2.24) is 5.43 Å². The van der Waals surface area contributed by atoms with E-state index in [0.29, 0.717) is 6.42 Å². The Bertz CT molecular complexity index is 404. The second-order valence-electron chi connectivity index (χ2n) is 3.31. The van der Waals surface area contributed by atoms with Crippen LogP contribution in [0.5, 0.6) is 5.75 Å². The van der Waals surface area contributed by atoms with Gasteiger partial charge >= 0.3 is 0 Å². The Kier molecular flexibility index (Phi) is 4.72. The minimum atomic E-state index is 0.166. The van der Waals surface area contributed by atoms with E-state index >= 15 is 0 Å². The number of nitrogens with one attached hydrogen (secondary N) is 1. The molecule has 0 heterocycles. The van der Waals surface area contributed by atoms with Gasteiger partial charge in [-0.2, -0.15) is 5.10 Å². The zero-order valence-electron chi connectivity index (χ0n) is 9.36. The summed E-state index contributed by atoms with van der Waals surface area (Å²) in [5.74, 6) is 0.854. The van der Waals surface area contributed by atoms with Gasteiger partial charge in [0.05, 0.1) is 7.11 Å². The number of rotatable bonds is 4. The summed E-state index contributed by atoms with van der Waals surface area (Å²) >= 11 is 4.66. The van der Waals surface area contributed by atoms with Gasteiger partial charge in [0.1, 0.15) is 5.75 Å². The van der Waals surface area contributed by atoms with Gasteiger partial charge < -0.3 is 10.5 Å². The Morgan fingerprint density at radius 2 is 2.19 bits per heavy atom. The summed E-state index contributed by atoms with van der Waals surface area (Å²) in [7, 11) is 1.65. The van der Waals surface area contributed by atoms with Gasteiger partial charge in [0.2, 0.25) is 0 Å². The molecule has 5 heteroatoms. The van der Waals surface area contributed by atoms with Crippen LogP contribution >= 0.6 is 12.2 Å². The Labute approximate surface area is 100 Å². The molecule has 0 aliphatic heterocycles. The zero-order chi connectivity index (χ0) is 12.0. The van der Waals surface area contributed by atoms with Crippen LogP contribution < -0.4 is 15.9 Å². The molecule has 86 valence electrons. The molecule has 1 aromatic rings. The number of para-hydroxylation sites is 1. The average molecular weight is 237 g/mol. The smallest absolute Gasteiger partial charge is 0.184 e. The lowest BCUT2D eigenvalue weighted by atomic mass is 10.1. The maximum atomic E-state index is 5.28. The number of nitrogens with two attached hydrogens (primary N) is 1. The number of hydrazone groups is 1. The standard InChI is InChI=1S/C11H15N3OS/c1-8(13-14-11(12)16)7-9-5-3-4-6-10(9)15-2/h3-6H,7H2,1-2H3,(H3,12,14,16)/b13-8+. The van der Waals surface area contributed by atoms with Crippen molar-refractivity contribution < 1.29 is 4.74 Å². The second-order valence-corrected chi connectivity index (χ2v) is 3.75. The summed E-state index contributed by atoms with van der Waals surface area (Å²) in [5, 5.41) is 4.21. The molecule has 0 atom stereocenters. The van der Waals surface area contributed by atoms with E-state index < -0.39 is 0 Å². The summed E-state index contributed by atoms with van der Waals surface area (Å²) in [5.41, 5.74) is 9.80. The molecule has 4 nitrogen and oxygen atoms in total. The van der Waals surface area contributed by atoms with E-state index in [-0.39, 0.29) is 5.11 Å². The molecule has 0 bridgehead atoms. The molecule has 0 amide bonds. The Balaban J connectivity index is 2.72. The summed E-state index contributed by atoms with van der Waals surface area (Å²) in [6.07, 6.45) is 0.694. The van der Waals surface area contributed by atoms with Gasteiger partial charge in [-0.1, -0.05) is 18.2 Å². The Morgan fingerprint density at radius 1 is 1.50 bits per heavy atom. The lowest BCUT2D eigenvalue weighted by Crippen LogP contribution is -2.25. The third-order valence-corrected chi connectivity index (χ3v) is 2.09. The van der Waals surface area contributed by atoms with Crippen LogP contribution in [0.15, 0.2) is 29.4 Å². The van der Waals surface area contributed by atoms with Crippen molar-refractivity contribution >= 4 is 23.0 Å². The third-order valence-electron chi connectivity index (χ3n) is 2.00. The van der Waals surface area contributed by atoms with Crippen LogP contribution in [0.1, 0.15) is 12.5 Å². The molecule has 0 aromatic heterocycles. The first-order valence-electron chi connectivity index (χ1n) is 4.84. The van der Waals surface area contributed by atoms with E-state index in [1.165, 1.54) is 0 Å². The lowest BCUT2D eigenvalue weighted by molar-refractivity contribution is 0.411. The zero-order valence-corrected chi connectivity index (χ0v) is 10.2. The van der Waals surface area contributed by atoms with E-state index in [2.05, 4.69) is 22.7 Å². The number of methoxy groups -OCH3 is 1. The molecule has 1 rings (SSSR count). The van der Waals surface area contributed by atoms with Crippen LogP contribution in [0.4, 0.5) is 0 Å². The molecule has 0 unspecified atom stereocenters. The number of hydrogen-bond donors (Lipinski definition) is 2. The molecular formula is C11H15N3OS. The van der Waals surface area contributed by atoms with E-state index in [9.17, 15) is 0 Å². The number of thiocarbonyl (C=S) groups is 1. The quantitative estimate of drug-likeness (QED) is 0.473. The van der Waals surface area contributed by atoms with Gasteiger partial charge in [-0.25, -0.2) is 0 Å². The van der Waals surface area contributed by atoms with Gasteiger partial charge in [0.25, 0.3) is 0 Å². The topological polar surface area (TPSA) is 59.6 Å². The molecule has 0 radical (unpaired) electrons. The highest BCUT2D eigenvalue weighted by Gasteiger charge is 2.02. The molecule has 0 spiro atoms. The molecule has 0 aliphatic rings. The van der Waals surface area contributed by atoms with Gasteiger partial charge in [0, 0.05) is 12.1 Å². The van der Waals surface area contributed by atoms with Crippen molar-refractivity contribution in [2.45, 2.75) is 13.3 Å². The Hall–Kier alpha value is -1.62. The first-order chi connectivity index (χ1) is 7.63. The minimum Gasteiger partial charge on any atom is -0.496 e. The molecule has 0 saturated carbocycles. The molecule has 16 heavy (non-hydrogen) atoms. The van der Waals surface area contributed by atoms with Gasteiger partial charge in [0.15, 0.2) is 5.11 Å². The minimum absolute atomic E-state index is 0.166. The highest BCUT2D eigenvalue weighted by Crippen LogP contribution is 2.17. The fourth-order valence-electron chi connectivity index (χ4n) is 1.31. The van der Waals surface area contributed by atoms with E-state index in [1.54, 1.807) is 7.11 Å². The highest BCUT2D eigenvalue weighted by molar-refractivity contribution is 7.80. The van der Waals surface area contributed by atoms with Crippen LogP contribution in [0.2, 0.25) is 0 Å². The molecule has 0 fully saturated rings. The van der Waals surface area contributed by atoms with Crippen LogP contribution in [0.3, 0.4) is 0 Å². The molecule has 3 N–H and O–H groups in total. The maximum Gasteiger partial charge on any atom is 0.184 e. The lowest BCUT2D eigenvalue weighted by Gasteiger charge is -2.07. The van der Waals surface area contributed by atoms with Crippen LogP contribution in [0, 0.1) is 0 Å². The molecular weight excluding hydrogens is 222 g/mol. The first-order valence-corrected chi connectivity index (χ1v) is 5.25. The van der Waals surface area contributed by atoms with Crippen LogP contribution in [0.25, 0.3) is 0 Å². The molecule has 1 aromatic carbocycles. The van der Waals surface area contributed by atoms with E-state index in [0.717, 1.165) is 17.0 Å². The van der Waals surface area contributed by atoms with Crippen molar-refractivity contribution in [2.24, 2.45) is 10.8 Å². The summed E-state index contributed by atoms with van der Waals surface area (Å²) in [6, 6.07) is 7.82. The first kappa shape index (κ1) is 12.4. The number of ether oxygens (including phenoxy) is 1. The van der Waals surface area contributed by atoms with Crippen molar-refractivity contribution in [3.63, 3.8) is 0 Å². The number of benzene rings is 1. The molecule has 0 aliphatic carbocycles. The predicted octanol–water partition coefficient (Wildman–Crippen LogP) is 1.45. The summed E-state index contributed by atoms with van der Waals surface area (Å²) in [6.45, 7) is 1.90. The largest absolute Gasteiger partial charge is 0.496 e. The van der Waals surface area contributed by atoms with Crippen LogP contribution in [-0.4, -0.2) is 17.9 Å². The predicted molar refractivity (Wildman–Crippen MR) is 69.7 cm³/mol. The fourth-order valence-corrected chi connectivity index (χ4v) is 1.36. The fraction of sp³-hybridized carbons (Fsp3) is 0.273. The van der Waals surface area contributed by atoms with Crippen molar-refractivity contribution in [3.8, 4) is 5.75 Å². The van der Waals surface area contributed by atoms with Gasteiger partial charge in [-0.15, -0.1) is 0 Å². The number of nitrogens with zero attached hydrogens (tertiary/aromatic N) is 1. The van der Waals surface area contributed by atoms with Crippen LogP contribution in [-0.2, 0) is 6.42 Å². The van der Waals surface area contributed by atoms with E-state index in [1.807, 2.05) is 31.2 Å². The maximum absolute atomic E-state index is 5.28. The highest BCUT2D eigenvalue weighted by atomic mass is 32.1. The normalized spacial score (nSPS) is 11.0. The number of hydrogen-bond acceptors (Lipinski definition) is 3. The van der Waals surface area contributed by atoms with Crippen molar-refractivity contribution in [2.75, 3.05) is 7.11 Å². The second kappa shape index (κ2) is 6.07. The molecule has 0 saturated heterocycles.